The fourth-order valence-corrected chi connectivity index (χ4v) is 3.00. The molecule has 0 saturated carbocycles. The van der Waals surface area contributed by atoms with Crippen LogP contribution in [0.2, 0.25) is 0 Å². The average Bonchev–Trinajstić information content (AvgIpc) is 3.03. The van der Waals surface area contributed by atoms with Crippen molar-refractivity contribution in [2.75, 3.05) is 25.1 Å². The van der Waals surface area contributed by atoms with Crippen molar-refractivity contribution in [3.8, 4) is 0 Å². The third kappa shape index (κ3) is 2.13. The van der Waals surface area contributed by atoms with E-state index in [2.05, 4.69) is 15.0 Å². The lowest BCUT2D eigenvalue weighted by Crippen LogP contribution is -2.24. The number of pyridine rings is 1. The maximum atomic E-state index is 11.6. The molecule has 2 aromatic heterocycles. The highest BCUT2D eigenvalue weighted by Gasteiger charge is 2.29. The number of ether oxygens (including phenoxy) is 1. The molecule has 0 spiro atoms. The standard InChI is InChI=1S/C14H18N4O3/c1-8-11-12(18-5-4-9(7-18)21-3)10(14(19)20)6-15-13(11)17(2)16-8/h6,9H,4-5,7H2,1-3H3,(H,19,20). The third-order valence-electron chi connectivity index (χ3n) is 4.02. The van der Waals surface area contributed by atoms with Crippen LogP contribution in [-0.4, -0.2) is 52.1 Å². The first-order valence-corrected chi connectivity index (χ1v) is 6.86. The van der Waals surface area contributed by atoms with E-state index in [1.807, 2.05) is 14.0 Å². The molecule has 3 heterocycles. The summed E-state index contributed by atoms with van der Waals surface area (Å²) in [5.74, 6) is -0.969. The van der Waals surface area contributed by atoms with Gasteiger partial charge in [0.25, 0.3) is 0 Å². The van der Waals surface area contributed by atoms with Crippen LogP contribution in [0.3, 0.4) is 0 Å². The minimum Gasteiger partial charge on any atom is -0.478 e. The second kappa shape index (κ2) is 5.00. The van der Waals surface area contributed by atoms with Gasteiger partial charge in [-0.2, -0.15) is 5.10 Å². The fourth-order valence-electron chi connectivity index (χ4n) is 3.00. The van der Waals surface area contributed by atoms with Gasteiger partial charge >= 0.3 is 5.97 Å². The molecule has 112 valence electrons. The molecule has 21 heavy (non-hydrogen) atoms. The van der Waals surface area contributed by atoms with E-state index in [1.54, 1.807) is 11.8 Å². The summed E-state index contributed by atoms with van der Waals surface area (Å²) in [6.45, 7) is 3.33. The average molecular weight is 290 g/mol. The third-order valence-corrected chi connectivity index (χ3v) is 4.02. The predicted molar refractivity (Wildman–Crippen MR) is 77.8 cm³/mol. The van der Waals surface area contributed by atoms with Gasteiger partial charge in [-0.1, -0.05) is 0 Å². The molecule has 0 aliphatic carbocycles. The highest BCUT2D eigenvalue weighted by Crippen LogP contribution is 2.34. The second-order valence-corrected chi connectivity index (χ2v) is 5.33. The zero-order chi connectivity index (χ0) is 15.1. The van der Waals surface area contributed by atoms with E-state index in [0.717, 1.165) is 24.0 Å². The topological polar surface area (TPSA) is 80.5 Å². The Kier molecular flexibility index (Phi) is 3.29. The molecule has 1 N–H and O–H groups in total. The molecule has 1 saturated heterocycles. The number of hydrogen-bond donors (Lipinski definition) is 1. The highest BCUT2D eigenvalue weighted by molar-refractivity contribution is 6.04. The number of methoxy groups -OCH3 is 1. The lowest BCUT2D eigenvalue weighted by atomic mass is 10.1. The Bertz CT molecular complexity index is 710. The van der Waals surface area contributed by atoms with Gasteiger partial charge in [0.1, 0.15) is 5.56 Å². The van der Waals surface area contributed by atoms with Crippen molar-refractivity contribution in [1.82, 2.24) is 14.8 Å². The number of carboxylic acids is 1. The lowest BCUT2D eigenvalue weighted by Gasteiger charge is -2.21. The van der Waals surface area contributed by atoms with Crippen molar-refractivity contribution in [3.05, 3.63) is 17.5 Å². The molecular formula is C14H18N4O3. The van der Waals surface area contributed by atoms with Crippen LogP contribution in [0.5, 0.6) is 0 Å². The van der Waals surface area contributed by atoms with Crippen molar-refractivity contribution in [1.29, 1.82) is 0 Å². The Hall–Kier alpha value is -2.15. The first-order chi connectivity index (χ1) is 10.0. The molecule has 0 bridgehead atoms. The minimum absolute atomic E-state index is 0.131. The summed E-state index contributed by atoms with van der Waals surface area (Å²) in [5, 5.41) is 14.7. The van der Waals surface area contributed by atoms with E-state index in [1.165, 1.54) is 6.20 Å². The molecular weight excluding hydrogens is 272 g/mol. The van der Waals surface area contributed by atoms with Gasteiger partial charge in [-0.3, -0.25) is 4.68 Å². The fraction of sp³-hybridized carbons (Fsp3) is 0.500. The number of anilines is 1. The quantitative estimate of drug-likeness (QED) is 0.915. The first-order valence-electron chi connectivity index (χ1n) is 6.86. The van der Waals surface area contributed by atoms with Crippen molar-refractivity contribution in [2.45, 2.75) is 19.4 Å². The van der Waals surface area contributed by atoms with E-state index >= 15 is 0 Å². The minimum atomic E-state index is -0.969. The Morgan fingerprint density at radius 2 is 2.29 bits per heavy atom. The largest absolute Gasteiger partial charge is 0.478 e. The lowest BCUT2D eigenvalue weighted by molar-refractivity contribution is 0.0697. The molecule has 1 aliphatic rings. The van der Waals surface area contributed by atoms with E-state index in [0.29, 0.717) is 17.9 Å². The van der Waals surface area contributed by atoms with Crippen LogP contribution in [0.15, 0.2) is 6.20 Å². The molecule has 3 rings (SSSR count). The summed E-state index contributed by atoms with van der Waals surface area (Å²) in [6, 6.07) is 0. The number of carbonyl (C=O) groups is 1. The van der Waals surface area contributed by atoms with E-state index in [9.17, 15) is 9.90 Å². The maximum absolute atomic E-state index is 11.6. The van der Waals surface area contributed by atoms with Crippen LogP contribution in [0.4, 0.5) is 5.69 Å². The van der Waals surface area contributed by atoms with Crippen molar-refractivity contribution in [2.24, 2.45) is 7.05 Å². The summed E-state index contributed by atoms with van der Waals surface area (Å²) < 4.78 is 7.07. The van der Waals surface area contributed by atoms with Gasteiger partial charge in [0.05, 0.1) is 22.9 Å². The van der Waals surface area contributed by atoms with Gasteiger partial charge in [-0.05, 0) is 13.3 Å². The zero-order valence-corrected chi connectivity index (χ0v) is 12.3. The molecule has 1 aliphatic heterocycles. The van der Waals surface area contributed by atoms with E-state index in [-0.39, 0.29) is 11.7 Å². The summed E-state index contributed by atoms with van der Waals surface area (Å²) in [4.78, 5) is 17.9. The van der Waals surface area contributed by atoms with E-state index in [4.69, 9.17) is 4.74 Å². The number of rotatable bonds is 3. The molecule has 0 aromatic carbocycles. The highest BCUT2D eigenvalue weighted by atomic mass is 16.5. The number of aromatic carboxylic acids is 1. The molecule has 2 aromatic rings. The number of aromatic nitrogens is 3. The van der Waals surface area contributed by atoms with Gasteiger partial charge in [0, 0.05) is 33.4 Å². The van der Waals surface area contributed by atoms with Crippen LogP contribution in [0, 0.1) is 6.92 Å². The molecule has 0 amide bonds. The number of hydrogen-bond acceptors (Lipinski definition) is 5. The van der Waals surface area contributed by atoms with Crippen LogP contribution < -0.4 is 4.90 Å². The second-order valence-electron chi connectivity index (χ2n) is 5.33. The summed E-state index contributed by atoms with van der Waals surface area (Å²) in [5.41, 5.74) is 2.42. The predicted octanol–water partition coefficient (Wildman–Crippen LogP) is 1.20. The smallest absolute Gasteiger partial charge is 0.339 e. The van der Waals surface area contributed by atoms with Crippen molar-refractivity contribution < 1.29 is 14.6 Å². The van der Waals surface area contributed by atoms with Crippen molar-refractivity contribution in [3.63, 3.8) is 0 Å². The van der Waals surface area contributed by atoms with Gasteiger partial charge in [0.2, 0.25) is 0 Å². The zero-order valence-electron chi connectivity index (χ0n) is 12.3. The van der Waals surface area contributed by atoms with Gasteiger partial charge in [0.15, 0.2) is 5.65 Å². The Labute approximate surface area is 122 Å². The number of carboxylic acid groups (broad SMARTS) is 1. The monoisotopic (exact) mass is 290 g/mol. The molecule has 1 unspecified atom stereocenters. The molecule has 7 nitrogen and oxygen atoms in total. The van der Waals surface area contributed by atoms with Gasteiger partial charge in [-0.25, -0.2) is 9.78 Å². The van der Waals surface area contributed by atoms with Crippen LogP contribution in [0.1, 0.15) is 22.5 Å². The Morgan fingerprint density at radius 1 is 1.52 bits per heavy atom. The Balaban J connectivity index is 2.22. The van der Waals surface area contributed by atoms with Gasteiger partial charge in [-0.15, -0.1) is 0 Å². The Morgan fingerprint density at radius 3 is 2.90 bits per heavy atom. The summed E-state index contributed by atoms with van der Waals surface area (Å²) in [6.07, 6.45) is 2.44. The maximum Gasteiger partial charge on any atom is 0.339 e. The van der Waals surface area contributed by atoms with Crippen LogP contribution in [-0.2, 0) is 11.8 Å². The van der Waals surface area contributed by atoms with Crippen molar-refractivity contribution >= 4 is 22.7 Å². The summed E-state index contributed by atoms with van der Waals surface area (Å²) in [7, 11) is 3.50. The number of fused-ring (bicyclic) bond motifs is 1. The molecule has 0 radical (unpaired) electrons. The number of aryl methyl sites for hydroxylation is 2. The van der Waals surface area contributed by atoms with Crippen LogP contribution >= 0.6 is 0 Å². The molecule has 1 atom stereocenters. The van der Waals surface area contributed by atoms with Crippen LogP contribution in [0.25, 0.3) is 11.0 Å². The SMILES string of the molecule is COC1CCN(c2c(C(=O)O)cnc3c2c(C)nn3C)C1. The van der Waals surface area contributed by atoms with Gasteiger partial charge < -0.3 is 14.7 Å². The normalized spacial score (nSPS) is 18.6. The molecule has 1 fully saturated rings. The van der Waals surface area contributed by atoms with E-state index < -0.39 is 5.97 Å². The molecule has 7 heteroatoms. The first kappa shape index (κ1) is 13.8. The number of nitrogens with zero attached hydrogens (tertiary/aromatic N) is 4. The summed E-state index contributed by atoms with van der Waals surface area (Å²) >= 11 is 0.